The second-order valence-corrected chi connectivity index (χ2v) is 3.41. The average Bonchev–Trinajstić information content (AvgIpc) is 2.29. The van der Waals surface area contributed by atoms with Crippen molar-refractivity contribution in [1.82, 2.24) is 4.98 Å². The number of carbonyl (C=O) groups excluding carboxylic acids is 1. The molecule has 19 heavy (non-hydrogen) atoms. The molecule has 0 aromatic carbocycles. The molecule has 106 valence electrons. The molecule has 0 radical (unpaired) electrons. The summed E-state index contributed by atoms with van der Waals surface area (Å²) in [7, 11) is 0.943. The SMILES string of the molecule is COC(=O)Cc1nc(C(F)(F)F)c(C(F)F)cc1F. The van der Waals surface area contributed by atoms with Gasteiger partial charge in [0.25, 0.3) is 6.43 Å². The molecule has 0 saturated carbocycles. The molecule has 0 spiro atoms. The number of aromatic nitrogens is 1. The first-order valence-corrected chi connectivity index (χ1v) is 4.78. The van der Waals surface area contributed by atoms with Crippen molar-refractivity contribution in [3.05, 3.63) is 28.8 Å². The van der Waals surface area contributed by atoms with Crippen molar-refractivity contribution in [2.24, 2.45) is 0 Å². The molecule has 0 bridgehead atoms. The molecule has 0 amide bonds. The van der Waals surface area contributed by atoms with Gasteiger partial charge in [0.2, 0.25) is 0 Å². The van der Waals surface area contributed by atoms with Gasteiger partial charge in [-0.3, -0.25) is 4.79 Å². The van der Waals surface area contributed by atoms with E-state index >= 15 is 0 Å². The van der Waals surface area contributed by atoms with Crippen LogP contribution in [-0.2, 0) is 22.1 Å². The number of methoxy groups -OCH3 is 1. The summed E-state index contributed by atoms with van der Waals surface area (Å²) < 4.78 is 79.8. The van der Waals surface area contributed by atoms with E-state index in [4.69, 9.17) is 0 Å². The highest BCUT2D eigenvalue weighted by Gasteiger charge is 2.39. The lowest BCUT2D eigenvalue weighted by Crippen LogP contribution is -2.17. The standard InChI is InChI=1S/C10H7F6NO2/c1-19-7(18)3-6-5(11)2-4(9(12)13)8(17-6)10(14,15)16/h2,9H,3H2,1H3. The molecular formula is C10H7F6NO2. The third-order valence-corrected chi connectivity index (χ3v) is 2.12. The van der Waals surface area contributed by atoms with Crippen molar-refractivity contribution in [3.8, 4) is 0 Å². The van der Waals surface area contributed by atoms with Gasteiger partial charge in [0.05, 0.1) is 24.8 Å². The Morgan fingerprint density at radius 3 is 2.42 bits per heavy atom. The normalized spacial score (nSPS) is 11.8. The van der Waals surface area contributed by atoms with Gasteiger partial charge >= 0.3 is 12.1 Å². The summed E-state index contributed by atoms with van der Waals surface area (Å²) in [5.74, 6) is -2.46. The molecular weight excluding hydrogens is 280 g/mol. The van der Waals surface area contributed by atoms with Crippen molar-refractivity contribution in [3.63, 3.8) is 0 Å². The minimum Gasteiger partial charge on any atom is -0.469 e. The topological polar surface area (TPSA) is 39.2 Å². The predicted molar refractivity (Wildman–Crippen MR) is 49.9 cm³/mol. The highest BCUT2D eigenvalue weighted by Crippen LogP contribution is 2.35. The van der Waals surface area contributed by atoms with Gasteiger partial charge in [-0.25, -0.2) is 18.2 Å². The highest BCUT2D eigenvalue weighted by molar-refractivity contribution is 5.71. The lowest BCUT2D eigenvalue weighted by Gasteiger charge is -2.13. The number of carbonyl (C=O) groups is 1. The van der Waals surface area contributed by atoms with E-state index in [1.54, 1.807) is 0 Å². The van der Waals surface area contributed by atoms with E-state index in [2.05, 4.69) is 9.72 Å². The Kier molecular flexibility index (Phi) is 4.38. The Labute approximate surface area is 103 Å². The molecule has 0 unspecified atom stereocenters. The molecule has 0 aliphatic rings. The van der Waals surface area contributed by atoms with Gasteiger partial charge in [-0.1, -0.05) is 0 Å². The highest BCUT2D eigenvalue weighted by atomic mass is 19.4. The molecule has 0 saturated heterocycles. The van der Waals surface area contributed by atoms with E-state index in [1.165, 1.54) is 0 Å². The van der Waals surface area contributed by atoms with Crippen molar-refractivity contribution in [1.29, 1.82) is 0 Å². The van der Waals surface area contributed by atoms with Crippen LogP contribution in [0.2, 0.25) is 0 Å². The number of pyridine rings is 1. The van der Waals surface area contributed by atoms with Crippen LogP contribution in [0.25, 0.3) is 0 Å². The van der Waals surface area contributed by atoms with E-state index in [1.807, 2.05) is 0 Å². The fourth-order valence-corrected chi connectivity index (χ4v) is 1.27. The van der Waals surface area contributed by atoms with Crippen molar-refractivity contribution in [2.45, 2.75) is 19.0 Å². The first kappa shape index (κ1) is 15.3. The van der Waals surface area contributed by atoms with Crippen molar-refractivity contribution < 1.29 is 35.9 Å². The van der Waals surface area contributed by atoms with Gasteiger partial charge in [0.15, 0.2) is 5.69 Å². The van der Waals surface area contributed by atoms with Crippen LogP contribution < -0.4 is 0 Å². The Morgan fingerprint density at radius 2 is 2.00 bits per heavy atom. The third-order valence-electron chi connectivity index (χ3n) is 2.12. The van der Waals surface area contributed by atoms with Crippen LogP contribution in [-0.4, -0.2) is 18.1 Å². The van der Waals surface area contributed by atoms with Crippen LogP contribution in [0.4, 0.5) is 26.3 Å². The fourth-order valence-electron chi connectivity index (χ4n) is 1.27. The van der Waals surface area contributed by atoms with Crippen LogP contribution in [0.1, 0.15) is 23.4 Å². The summed E-state index contributed by atoms with van der Waals surface area (Å²) in [6.45, 7) is 0. The quantitative estimate of drug-likeness (QED) is 0.634. The van der Waals surface area contributed by atoms with Crippen LogP contribution >= 0.6 is 0 Å². The Balaban J connectivity index is 3.34. The molecule has 1 aromatic heterocycles. The first-order valence-electron chi connectivity index (χ1n) is 4.78. The lowest BCUT2D eigenvalue weighted by atomic mass is 10.1. The summed E-state index contributed by atoms with van der Waals surface area (Å²) in [5, 5.41) is 0. The van der Waals surface area contributed by atoms with E-state index in [0.29, 0.717) is 0 Å². The molecule has 9 heteroatoms. The average molecular weight is 287 g/mol. The van der Waals surface area contributed by atoms with Gasteiger partial charge in [-0.15, -0.1) is 0 Å². The Bertz CT molecular complexity index is 486. The minimum absolute atomic E-state index is 0.0266. The fraction of sp³-hybridized carbons (Fsp3) is 0.400. The number of hydrogen-bond acceptors (Lipinski definition) is 3. The second-order valence-electron chi connectivity index (χ2n) is 3.41. The van der Waals surface area contributed by atoms with E-state index in [0.717, 1.165) is 7.11 Å². The van der Waals surface area contributed by atoms with Crippen molar-refractivity contribution in [2.75, 3.05) is 7.11 Å². The van der Waals surface area contributed by atoms with E-state index in [-0.39, 0.29) is 6.07 Å². The molecule has 0 N–H and O–H groups in total. The van der Waals surface area contributed by atoms with Crippen LogP contribution in [0.5, 0.6) is 0 Å². The number of halogens is 6. The zero-order chi connectivity index (χ0) is 14.8. The predicted octanol–water partition coefficient (Wildman–Crippen LogP) is 2.89. The van der Waals surface area contributed by atoms with Crippen LogP contribution in [0, 0.1) is 5.82 Å². The molecule has 0 aliphatic carbocycles. The number of nitrogens with zero attached hydrogens (tertiary/aromatic N) is 1. The maximum atomic E-state index is 13.3. The molecule has 0 aliphatic heterocycles. The molecule has 1 rings (SSSR count). The third kappa shape index (κ3) is 3.58. The molecule has 3 nitrogen and oxygen atoms in total. The number of alkyl halides is 5. The summed E-state index contributed by atoms with van der Waals surface area (Å²) >= 11 is 0. The maximum absolute atomic E-state index is 13.3. The Hall–Kier alpha value is -1.80. The van der Waals surface area contributed by atoms with E-state index < -0.39 is 47.8 Å². The smallest absolute Gasteiger partial charge is 0.433 e. The largest absolute Gasteiger partial charge is 0.469 e. The lowest BCUT2D eigenvalue weighted by molar-refractivity contribution is -0.144. The molecule has 0 fully saturated rings. The molecule has 1 aromatic rings. The van der Waals surface area contributed by atoms with Crippen LogP contribution in [0.15, 0.2) is 6.07 Å². The Morgan fingerprint density at radius 1 is 1.42 bits per heavy atom. The number of hydrogen-bond donors (Lipinski definition) is 0. The van der Waals surface area contributed by atoms with Gasteiger partial charge in [-0.2, -0.15) is 13.2 Å². The second kappa shape index (κ2) is 5.45. The number of ether oxygens (including phenoxy) is 1. The molecule has 0 atom stereocenters. The zero-order valence-corrected chi connectivity index (χ0v) is 9.39. The van der Waals surface area contributed by atoms with Gasteiger partial charge in [-0.05, 0) is 6.07 Å². The maximum Gasteiger partial charge on any atom is 0.433 e. The summed E-state index contributed by atoms with van der Waals surface area (Å²) in [4.78, 5) is 13.6. The first-order chi connectivity index (χ1) is 8.66. The summed E-state index contributed by atoms with van der Waals surface area (Å²) in [6.07, 6.45) is -9.59. The zero-order valence-electron chi connectivity index (χ0n) is 9.39. The number of rotatable bonds is 3. The minimum atomic E-state index is -5.18. The number of esters is 1. The summed E-state index contributed by atoms with van der Waals surface area (Å²) in [6, 6.07) is 0.0266. The van der Waals surface area contributed by atoms with E-state index in [9.17, 15) is 31.1 Å². The van der Waals surface area contributed by atoms with Crippen molar-refractivity contribution >= 4 is 5.97 Å². The molecule has 1 heterocycles. The summed E-state index contributed by atoms with van der Waals surface area (Å²) in [5.41, 5.74) is -4.38. The van der Waals surface area contributed by atoms with Crippen LogP contribution in [0.3, 0.4) is 0 Å². The van der Waals surface area contributed by atoms with Gasteiger partial charge in [0.1, 0.15) is 5.82 Å². The van der Waals surface area contributed by atoms with Gasteiger partial charge in [0, 0.05) is 0 Å². The van der Waals surface area contributed by atoms with Gasteiger partial charge < -0.3 is 4.74 Å². The monoisotopic (exact) mass is 287 g/mol.